The van der Waals surface area contributed by atoms with Crippen LogP contribution in [0.5, 0.6) is 0 Å². The Morgan fingerprint density at radius 3 is 2.89 bits per heavy atom. The highest BCUT2D eigenvalue weighted by Gasteiger charge is 2.05. The van der Waals surface area contributed by atoms with Crippen LogP contribution in [0.15, 0.2) is 48.8 Å². The zero-order valence-corrected chi connectivity index (χ0v) is 10.4. The number of nitrogens with zero attached hydrogens (tertiary/aromatic N) is 2. The molecule has 0 saturated carbocycles. The number of pyridine rings is 1. The first-order valence-corrected chi connectivity index (χ1v) is 6.08. The smallest absolute Gasteiger partial charge is 0.137 e. The Bertz CT molecular complexity index is 703. The van der Waals surface area contributed by atoms with Crippen molar-refractivity contribution in [3.63, 3.8) is 0 Å². The predicted octanol–water partition coefficient (Wildman–Crippen LogP) is 3.11. The lowest BCUT2D eigenvalue weighted by atomic mass is 10.2. The van der Waals surface area contributed by atoms with Crippen molar-refractivity contribution in [2.45, 2.75) is 6.54 Å². The van der Waals surface area contributed by atoms with Crippen LogP contribution in [-0.2, 0) is 6.54 Å². The quantitative estimate of drug-likeness (QED) is 0.767. The van der Waals surface area contributed by atoms with Gasteiger partial charge in [-0.15, -0.1) is 0 Å². The number of nitrogens with two attached hydrogens (primary N) is 1. The van der Waals surface area contributed by atoms with Crippen molar-refractivity contribution in [2.24, 2.45) is 5.73 Å². The van der Waals surface area contributed by atoms with Crippen molar-refractivity contribution in [3.05, 3.63) is 59.4 Å². The minimum Gasteiger partial charge on any atom is -0.326 e. The summed E-state index contributed by atoms with van der Waals surface area (Å²) in [5.41, 5.74) is 9.52. The second kappa shape index (κ2) is 4.44. The summed E-state index contributed by atoms with van der Waals surface area (Å²) in [5, 5.41) is 0.715. The lowest BCUT2D eigenvalue weighted by molar-refractivity contribution is 1.05. The average molecular weight is 258 g/mol. The van der Waals surface area contributed by atoms with Crippen molar-refractivity contribution < 1.29 is 0 Å². The third-order valence-electron chi connectivity index (χ3n) is 2.88. The molecule has 2 aromatic heterocycles. The first-order chi connectivity index (χ1) is 8.76. The highest BCUT2D eigenvalue weighted by Crippen LogP contribution is 2.22. The number of aromatic nitrogens is 2. The molecule has 0 atom stereocenters. The molecule has 0 bridgehead atoms. The standard InChI is InChI=1S/C14H12ClN3/c15-12-3-1-2-11(7-12)13-9-18-5-4-10(8-16)6-14(18)17-13/h1-7,9H,8,16H2. The number of hydrogen-bond donors (Lipinski definition) is 1. The van der Waals surface area contributed by atoms with Gasteiger partial charge in [0.05, 0.1) is 5.69 Å². The van der Waals surface area contributed by atoms with E-state index in [1.165, 1.54) is 0 Å². The van der Waals surface area contributed by atoms with Crippen LogP contribution in [0.3, 0.4) is 0 Å². The molecular formula is C14H12ClN3. The van der Waals surface area contributed by atoms with Gasteiger partial charge in [-0.2, -0.15) is 0 Å². The van der Waals surface area contributed by atoms with Crippen molar-refractivity contribution in [2.75, 3.05) is 0 Å². The van der Waals surface area contributed by atoms with E-state index in [2.05, 4.69) is 4.98 Å². The number of fused-ring (bicyclic) bond motifs is 1. The van der Waals surface area contributed by atoms with E-state index >= 15 is 0 Å². The Labute approximate surface area is 110 Å². The lowest BCUT2D eigenvalue weighted by Gasteiger charge is -1.96. The molecule has 3 nitrogen and oxygen atoms in total. The fraction of sp³-hybridized carbons (Fsp3) is 0.0714. The van der Waals surface area contributed by atoms with E-state index in [4.69, 9.17) is 17.3 Å². The minimum atomic E-state index is 0.524. The van der Waals surface area contributed by atoms with Gasteiger partial charge >= 0.3 is 0 Å². The molecule has 1 aromatic carbocycles. The monoisotopic (exact) mass is 257 g/mol. The molecule has 90 valence electrons. The van der Waals surface area contributed by atoms with E-state index in [9.17, 15) is 0 Å². The highest BCUT2D eigenvalue weighted by atomic mass is 35.5. The fourth-order valence-electron chi connectivity index (χ4n) is 1.94. The van der Waals surface area contributed by atoms with Crippen LogP contribution in [0.2, 0.25) is 5.02 Å². The molecule has 18 heavy (non-hydrogen) atoms. The number of rotatable bonds is 2. The Balaban J connectivity index is 2.13. The summed E-state index contributed by atoms with van der Waals surface area (Å²) in [6, 6.07) is 11.7. The maximum absolute atomic E-state index is 5.99. The van der Waals surface area contributed by atoms with E-state index in [0.29, 0.717) is 11.6 Å². The normalized spacial score (nSPS) is 11.0. The Kier molecular flexibility index (Phi) is 2.78. The van der Waals surface area contributed by atoms with Crippen molar-refractivity contribution in [1.82, 2.24) is 9.38 Å². The molecule has 0 aliphatic heterocycles. The van der Waals surface area contributed by atoms with E-state index in [0.717, 1.165) is 22.5 Å². The van der Waals surface area contributed by atoms with Crippen LogP contribution in [0, 0.1) is 0 Å². The second-order valence-corrected chi connectivity index (χ2v) is 4.58. The van der Waals surface area contributed by atoms with Crippen LogP contribution >= 0.6 is 11.6 Å². The van der Waals surface area contributed by atoms with Crippen molar-refractivity contribution in [1.29, 1.82) is 0 Å². The van der Waals surface area contributed by atoms with Gasteiger partial charge in [-0.05, 0) is 29.8 Å². The van der Waals surface area contributed by atoms with Gasteiger partial charge in [0, 0.05) is 29.5 Å². The zero-order valence-electron chi connectivity index (χ0n) is 9.68. The predicted molar refractivity (Wildman–Crippen MR) is 73.5 cm³/mol. The molecule has 0 amide bonds. The van der Waals surface area contributed by atoms with Crippen LogP contribution in [-0.4, -0.2) is 9.38 Å². The van der Waals surface area contributed by atoms with Gasteiger partial charge in [0.2, 0.25) is 0 Å². The van der Waals surface area contributed by atoms with Gasteiger partial charge in [-0.25, -0.2) is 4.98 Å². The van der Waals surface area contributed by atoms with Crippen LogP contribution < -0.4 is 5.73 Å². The summed E-state index contributed by atoms with van der Waals surface area (Å²) < 4.78 is 1.98. The molecule has 0 fully saturated rings. The molecule has 3 rings (SSSR count). The molecule has 3 aromatic rings. The topological polar surface area (TPSA) is 43.3 Å². The third kappa shape index (κ3) is 1.98. The SMILES string of the molecule is NCc1ccn2cc(-c3cccc(Cl)c3)nc2c1. The molecule has 2 heterocycles. The largest absolute Gasteiger partial charge is 0.326 e. The number of benzene rings is 1. The Morgan fingerprint density at radius 2 is 2.11 bits per heavy atom. The summed E-state index contributed by atoms with van der Waals surface area (Å²) in [4.78, 5) is 4.58. The zero-order chi connectivity index (χ0) is 12.5. The fourth-order valence-corrected chi connectivity index (χ4v) is 2.13. The van der Waals surface area contributed by atoms with Gasteiger partial charge in [-0.1, -0.05) is 23.7 Å². The summed E-state index contributed by atoms with van der Waals surface area (Å²) in [5.74, 6) is 0. The number of imidazole rings is 1. The van der Waals surface area contributed by atoms with Crippen molar-refractivity contribution in [3.8, 4) is 11.3 Å². The molecule has 0 aliphatic rings. The molecule has 0 spiro atoms. The summed E-state index contributed by atoms with van der Waals surface area (Å²) in [6.45, 7) is 0.524. The molecular weight excluding hydrogens is 246 g/mol. The molecule has 2 N–H and O–H groups in total. The van der Waals surface area contributed by atoms with E-state index in [1.807, 2.05) is 53.2 Å². The van der Waals surface area contributed by atoms with Gasteiger partial charge in [0.1, 0.15) is 5.65 Å². The molecule has 0 saturated heterocycles. The van der Waals surface area contributed by atoms with Gasteiger partial charge in [0.25, 0.3) is 0 Å². The second-order valence-electron chi connectivity index (χ2n) is 4.14. The summed E-state index contributed by atoms with van der Waals surface area (Å²) in [6.07, 6.45) is 3.96. The van der Waals surface area contributed by atoms with Gasteiger partial charge in [0.15, 0.2) is 0 Å². The van der Waals surface area contributed by atoms with E-state index in [-0.39, 0.29) is 0 Å². The van der Waals surface area contributed by atoms with Crippen LogP contribution in [0.25, 0.3) is 16.9 Å². The Morgan fingerprint density at radius 1 is 1.22 bits per heavy atom. The van der Waals surface area contributed by atoms with Crippen molar-refractivity contribution >= 4 is 17.2 Å². The van der Waals surface area contributed by atoms with E-state index in [1.54, 1.807) is 0 Å². The number of hydrogen-bond acceptors (Lipinski definition) is 2. The van der Waals surface area contributed by atoms with Gasteiger partial charge in [-0.3, -0.25) is 0 Å². The minimum absolute atomic E-state index is 0.524. The lowest BCUT2D eigenvalue weighted by Crippen LogP contribution is -1.96. The maximum atomic E-state index is 5.99. The molecule has 0 unspecified atom stereocenters. The molecule has 4 heteroatoms. The first kappa shape index (κ1) is 11.3. The van der Waals surface area contributed by atoms with Crippen LogP contribution in [0.1, 0.15) is 5.56 Å². The third-order valence-corrected chi connectivity index (χ3v) is 3.12. The molecule has 0 radical (unpaired) electrons. The highest BCUT2D eigenvalue weighted by molar-refractivity contribution is 6.30. The Hall–Kier alpha value is -1.84. The van der Waals surface area contributed by atoms with E-state index < -0.39 is 0 Å². The first-order valence-electron chi connectivity index (χ1n) is 5.70. The van der Waals surface area contributed by atoms with Crippen LogP contribution in [0.4, 0.5) is 0 Å². The summed E-state index contributed by atoms with van der Waals surface area (Å²) >= 11 is 5.99. The number of halogens is 1. The summed E-state index contributed by atoms with van der Waals surface area (Å²) in [7, 11) is 0. The average Bonchev–Trinajstić information content (AvgIpc) is 2.81. The molecule has 0 aliphatic carbocycles. The maximum Gasteiger partial charge on any atom is 0.137 e. The van der Waals surface area contributed by atoms with Gasteiger partial charge < -0.3 is 10.1 Å².